The lowest BCUT2D eigenvalue weighted by Gasteiger charge is -2.10. The molecule has 1 aromatic heterocycles. The van der Waals surface area contributed by atoms with Gasteiger partial charge < -0.3 is 0 Å². The van der Waals surface area contributed by atoms with Gasteiger partial charge in [-0.1, -0.05) is 12.1 Å². The van der Waals surface area contributed by atoms with E-state index in [-0.39, 0.29) is 0 Å². The van der Waals surface area contributed by atoms with Crippen LogP contribution in [-0.2, 0) is 0 Å². The van der Waals surface area contributed by atoms with E-state index in [9.17, 15) is 4.79 Å². The third-order valence-electron chi connectivity index (χ3n) is 4.39. The smallest absolute Gasteiger partial charge is 0.153 e. The molecule has 1 unspecified atom stereocenters. The topological polar surface area (TPSA) is 34.9 Å². The van der Waals surface area contributed by atoms with E-state index in [1.807, 2.05) is 16.9 Å². The van der Waals surface area contributed by atoms with E-state index in [1.54, 1.807) is 0 Å². The quantitative estimate of drug-likeness (QED) is 0.787. The van der Waals surface area contributed by atoms with Gasteiger partial charge in [0, 0.05) is 11.8 Å². The van der Waals surface area contributed by atoms with Gasteiger partial charge in [-0.05, 0) is 56.7 Å². The molecule has 0 bridgehead atoms. The molecular weight excluding hydrogens is 248 g/mol. The maximum absolute atomic E-state index is 11.3. The highest BCUT2D eigenvalue weighted by atomic mass is 16.1. The number of carbonyl (C=O) groups is 1. The average molecular weight is 268 g/mol. The summed E-state index contributed by atoms with van der Waals surface area (Å²) < 4.78 is 1.96. The minimum Gasteiger partial charge on any atom is -0.298 e. The standard InChI is InChI=1S/C17H20N2O/c1-11-4-5-15(8-12(11)2)17-16(10-20)9-19(18-17)13(3)14-6-7-14/h4-5,8-10,13-14H,6-7H2,1-3H3. The molecule has 1 fully saturated rings. The van der Waals surface area contributed by atoms with E-state index in [4.69, 9.17) is 0 Å². The van der Waals surface area contributed by atoms with E-state index in [0.29, 0.717) is 11.6 Å². The predicted molar refractivity (Wildman–Crippen MR) is 80.0 cm³/mol. The first-order valence-corrected chi connectivity index (χ1v) is 7.22. The van der Waals surface area contributed by atoms with Crippen molar-refractivity contribution in [3.63, 3.8) is 0 Å². The second-order valence-corrected chi connectivity index (χ2v) is 5.91. The predicted octanol–water partition coefficient (Wildman–Crippen LogP) is 3.95. The Balaban J connectivity index is 2.02. The van der Waals surface area contributed by atoms with Crippen LogP contribution in [0.2, 0.25) is 0 Å². The molecule has 0 amide bonds. The van der Waals surface area contributed by atoms with Gasteiger partial charge in [0.1, 0.15) is 5.69 Å². The Labute approximate surface area is 119 Å². The van der Waals surface area contributed by atoms with Crippen molar-refractivity contribution in [3.05, 3.63) is 41.1 Å². The Kier molecular flexibility index (Phi) is 3.20. The van der Waals surface area contributed by atoms with Crippen molar-refractivity contribution in [1.29, 1.82) is 0 Å². The van der Waals surface area contributed by atoms with Gasteiger partial charge in [0.2, 0.25) is 0 Å². The van der Waals surface area contributed by atoms with Gasteiger partial charge in [-0.25, -0.2) is 0 Å². The lowest BCUT2D eigenvalue weighted by atomic mass is 10.0. The van der Waals surface area contributed by atoms with Crippen LogP contribution < -0.4 is 0 Å². The molecule has 1 heterocycles. The highest BCUT2D eigenvalue weighted by Crippen LogP contribution is 2.39. The fourth-order valence-electron chi connectivity index (χ4n) is 2.61. The number of nitrogens with zero attached hydrogens (tertiary/aromatic N) is 2. The number of benzene rings is 1. The van der Waals surface area contributed by atoms with Gasteiger partial charge >= 0.3 is 0 Å². The Morgan fingerprint density at radius 2 is 2.05 bits per heavy atom. The van der Waals surface area contributed by atoms with Crippen molar-refractivity contribution >= 4 is 6.29 Å². The molecule has 1 aliphatic carbocycles. The summed E-state index contributed by atoms with van der Waals surface area (Å²) in [5, 5.41) is 4.67. The summed E-state index contributed by atoms with van der Waals surface area (Å²) in [5.74, 6) is 0.724. The van der Waals surface area contributed by atoms with Gasteiger partial charge in [-0.15, -0.1) is 0 Å². The molecule has 0 N–H and O–H groups in total. The molecule has 0 spiro atoms. The molecule has 1 aliphatic rings. The van der Waals surface area contributed by atoms with E-state index in [0.717, 1.165) is 23.5 Å². The average Bonchev–Trinajstić information content (AvgIpc) is 3.20. The number of aldehydes is 1. The Hall–Kier alpha value is -1.90. The van der Waals surface area contributed by atoms with E-state index in [1.165, 1.54) is 24.0 Å². The monoisotopic (exact) mass is 268 g/mol. The van der Waals surface area contributed by atoms with E-state index in [2.05, 4.69) is 38.0 Å². The summed E-state index contributed by atoms with van der Waals surface area (Å²) >= 11 is 0. The molecule has 2 aromatic rings. The fourth-order valence-corrected chi connectivity index (χ4v) is 2.61. The Morgan fingerprint density at radius 3 is 2.65 bits per heavy atom. The summed E-state index contributed by atoms with van der Waals surface area (Å²) in [6.07, 6.45) is 5.35. The molecule has 20 heavy (non-hydrogen) atoms. The number of aromatic nitrogens is 2. The maximum atomic E-state index is 11.3. The van der Waals surface area contributed by atoms with Crippen LogP contribution in [0.25, 0.3) is 11.3 Å². The van der Waals surface area contributed by atoms with Gasteiger partial charge in [0.05, 0.1) is 11.6 Å². The third-order valence-corrected chi connectivity index (χ3v) is 4.39. The number of rotatable bonds is 4. The summed E-state index contributed by atoms with van der Waals surface area (Å²) in [7, 11) is 0. The summed E-state index contributed by atoms with van der Waals surface area (Å²) in [6.45, 7) is 6.36. The molecule has 0 saturated heterocycles. The van der Waals surface area contributed by atoms with Crippen LogP contribution in [0.3, 0.4) is 0 Å². The first-order chi connectivity index (χ1) is 9.60. The molecule has 3 rings (SSSR count). The Morgan fingerprint density at radius 1 is 1.30 bits per heavy atom. The first-order valence-electron chi connectivity index (χ1n) is 7.22. The number of carbonyl (C=O) groups excluding carboxylic acids is 1. The minimum atomic E-state index is 0.383. The highest BCUT2D eigenvalue weighted by Gasteiger charge is 2.30. The zero-order valence-electron chi connectivity index (χ0n) is 12.3. The van der Waals surface area contributed by atoms with E-state index >= 15 is 0 Å². The lowest BCUT2D eigenvalue weighted by molar-refractivity contribution is 0.112. The largest absolute Gasteiger partial charge is 0.298 e. The SMILES string of the molecule is Cc1ccc(-c2nn(C(C)C3CC3)cc2C=O)cc1C. The molecule has 0 radical (unpaired) electrons. The third kappa shape index (κ3) is 2.28. The zero-order valence-corrected chi connectivity index (χ0v) is 12.3. The highest BCUT2D eigenvalue weighted by molar-refractivity contribution is 5.85. The summed E-state index contributed by atoms with van der Waals surface area (Å²) in [5.41, 5.74) is 4.99. The Bertz CT molecular complexity index is 653. The lowest BCUT2D eigenvalue weighted by Crippen LogP contribution is -2.07. The second kappa shape index (κ2) is 4.89. The van der Waals surface area contributed by atoms with Crippen molar-refractivity contribution in [2.75, 3.05) is 0 Å². The van der Waals surface area contributed by atoms with Crippen molar-refractivity contribution in [2.45, 2.75) is 39.7 Å². The molecule has 3 heteroatoms. The summed E-state index contributed by atoms with van der Waals surface area (Å²) in [4.78, 5) is 11.3. The molecule has 1 aromatic carbocycles. The van der Waals surface area contributed by atoms with E-state index < -0.39 is 0 Å². The normalized spacial score (nSPS) is 16.1. The molecular formula is C17H20N2O. The molecule has 0 aliphatic heterocycles. The zero-order chi connectivity index (χ0) is 14.3. The van der Waals surface area contributed by atoms with Crippen LogP contribution >= 0.6 is 0 Å². The molecule has 104 valence electrons. The van der Waals surface area contributed by atoms with Crippen molar-refractivity contribution in [3.8, 4) is 11.3 Å². The van der Waals surface area contributed by atoms with Crippen molar-refractivity contribution < 1.29 is 4.79 Å². The fraction of sp³-hybridized carbons (Fsp3) is 0.412. The molecule has 3 nitrogen and oxygen atoms in total. The van der Waals surface area contributed by atoms with Crippen LogP contribution in [0, 0.1) is 19.8 Å². The van der Waals surface area contributed by atoms with Crippen molar-refractivity contribution in [2.24, 2.45) is 5.92 Å². The van der Waals surface area contributed by atoms with Crippen LogP contribution in [0.1, 0.15) is 47.3 Å². The van der Waals surface area contributed by atoms with Crippen molar-refractivity contribution in [1.82, 2.24) is 9.78 Å². The van der Waals surface area contributed by atoms with Gasteiger partial charge in [0.15, 0.2) is 6.29 Å². The van der Waals surface area contributed by atoms with Crippen LogP contribution in [0.15, 0.2) is 24.4 Å². The molecule has 1 atom stereocenters. The minimum absolute atomic E-state index is 0.383. The van der Waals surface area contributed by atoms with Gasteiger partial charge in [-0.3, -0.25) is 9.48 Å². The first kappa shape index (κ1) is 13.1. The summed E-state index contributed by atoms with van der Waals surface area (Å²) in [6, 6.07) is 6.62. The maximum Gasteiger partial charge on any atom is 0.153 e. The van der Waals surface area contributed by atoms with Crippen LogP contribution in [0.4, 0.5) is 0 Å². The number of hydrogen-bond acceptors (Lipinski definition) is 2. The number of hydrogen-bond donors (Lipinski definition) is 0. The second-order valence-electron chi connectivity index (χ2n) is 5.91. The number of aryl methyl sites for hydroxylation is 2. The van der Waals surface area contributed by atoms with Gasteiger partial charge in [-0.2, -0.15) is 5.10 Å². The molecule has 1 saturated carbocycles. The van der Waals surface area contributed by atoms with Gasteiger partial charge in [0.25, 0.3) is 0 Å². The van der Waals surface area contributed by atoms with Crippen LogP contribution in [0.5, 0.6) is 0 Å². The van der Waals surface area contributed by atoms with Crippen LogP contribution in [-0.4, -0.2) is 16.1 Å².